The number of aliphatic hydroxyl groups excluding tert-OH is 1. The van der Waals surface area contributed by atoms with Crippen molar-refractivity contribution in [3.63, 3.8) is 0 Å². The van der Waals surface area contributed by atoms with Crippen LogP contribution in [0.2, 0.25) is 0 Å². The number of rotatable bonds is 7. The number of aliphatic hydroxyl groups is 1. The first-order valence-corrected chi connectivity index (χ1v) is 6.44. The van der Waals surface area contributed by atoms with Crippen LogP contribution >= 0.6 is 15.9 Å². The van der Waals surface area contributed by atoms with E-state index in [2.05, 4.69) is 21.2 Å². The van der Waals surface area contributed by atoms with Gasteiger partial charge in [-0.1, -0.05) is 15.9 Å². The summed E-state index contributed by atoms with van der Waals surface area (Å²) in [4.78, 5) is 22.2. The molecular weight excluding hydrogens is 337 g/mol. The van der Waals surface area contributed by atoms with Gasteiger partial charge in [-0.25, -0.2) is 9.18 Å². The molecule has 0 aromatic heterocycles. The van der Waals surface area contributed by atoms with Gasteiger partial charge >= 0.3 is 5.97 Å². The number of hydrogen-bond acceptors (Lipinski definition) is 4. The van der Waals surface area contributed by atoms with Crippen LogP contribution in [-0.4, -0.2) is 41.3 Å². The van der Waals surface area contributed by atoms with Gasteiger partial charge < -0.3 is 20.3 Å². The summed E-state index contributed by atoms with van der Waals surface area (Å²) >= 11 is 3.08. The summed E-state index contributed by atoms with van der Waals surface area (Å²) in [7, 11) is 0. The van der Waals surface area contributed by atoms with Gasteiger partial charge in [-0.3, -0.25) is 4.79 Å². The molecule has 1 atom stereocenters. The molecule has 0 fully saturated rings. The van der Waals surface area contributed by atoms with Gasteiger partial charge in [-0.15, -0.1) is 0 Å². The van der Waals surface area contributed by atoms with Gasteiger partial charge in [-0.05, 0) is 18.2 Å². The van der Waals surface area contributed by atoms with Crippen molar-refractivity contribution in [2.75, 3.05) is 13.2 Å². The Morgan fingerprint density at radius 3 is 2.70 bits per heavy atom. The fourth-order valence-corrected chi connectivity index (χ4v) is 1.69. The van der Waals surface area contributed by atoms with Gasteiger partial charge in [0.25, 0.3) is 5.91 Å². The maximum Gasteiger partial charge on any atom is 0.326 e. The van der Waals surface area contributed by atoms with E-state index in [9.17, 15) is 14.0 Å². The summed E-state index contributed by atoms with van der Waals surface area (Å²) < 4.78 is 18.9. The topological polar surface area (TPSA) is 95.9 Å². The Kier molecular flexibility index (Phi) is 6.40. The standard InChI is InChI=1S/C12H13BrFNO5/c13-7-1-2-10(8(14)5-7)20-6-11(17)15-9(3-4-16)12(18)19/h1-2,5,9,16H,3-4,6H2,(H,15,17)(H,18,19)/t9-/m0/s1. The molecule has 0 bridgehead atoms. The number of ether oxygens (including phenoxy) is 1. The minimum atomic E-state index is -1.26. The summed E-state index contributed by atoms with van der Waals surface area (Å²) in [6, 6.07) is 2.86. The molecule has 1 rings (SSSR count). The van der Waals surface area contributed by atoms with E-state index >= 15 is 0 Å². The largest absolute Gasteiger partial charge is 0.481 e. The zero-order chi connectivity index (χ0) is 15.1. The highest BCUT2D eigenvalue weighted by Gasteiger charge is 2.19. The summed E-state index contributed by atoms with van der Waals surface area (Å²) in [5.41, 5.74) is 0. The summed E-state index contributed by atoms with van der Waals surface area (Å²) in [5, 5.41) is 19.6. The smallest absolute Gasteiger partial charge is 0.326 e. The SMILES string of the molecule is O=C(COc1ccc(Br)cc1F)N[C@@H](CCO)C(=O)O. The number of benzene rings is 1. The third kappa shape index (κ3) is 5.14. The molecule has 3 N–H and O–H groups in total. The Morgan fingerprint density at radius 1 is 1.45 bits per heavy atom. The quantitative estimate of drug-likeness (QED) is 0.680. The van der Waals surface area contributed by atoms with Gasteiger partial charge in [-0.2, -0.15) is 0 Å². The predicted molar refractivity (Wildman–Crippen MR) is 70.9 cm³/mol. The lowest BCUT2D eigenvalue weighted by Gasteiger charge is -2.13. The van der Waals surface area contributed by atoms with Crippen molar-refractivity contribution in [2.45, 2.75) is 12.5 Å². The lowest BCUT2D eigenvalue weighted by atomic mass is 10.2. The van der Waals surface area contributed by atoms with Gasteiger partial charge in [0.2, 0.25) is 0 Å². The molecule has 6 nitrogen and oxygen atoms in total. The van der Waals surface area contributed by atoms with E-state index in [1.165, 1.54) is 12.1 Å². The average molecular weight is 350 g/mol. The van der Waals surface area contributed by atoms with E-state index in [1.54, 1.807) is 6.07 Å². The molecule has 0 spiro atoms. The molecule has 0 saturated carbocycles. The van der Waals surface area contributed by atoms with Crippen LogP contribution in [-0.2, 0) is 9.59 Å². The molecule has 1 aromatic rings. The van der Waals surface area contributed by atoms with Crippen LogP contribution < -0.4 is 10.1 Å². The second kappa shape index (κ2) is 7.81. The highest BCUT2D eigenvalue weighted by atomic mass is 79.9. The van der Waals surface area contributed by atoms with Crippen LogP contribution in [0.3, 0.4) is 0 Å². The average Bonchev–Trinajstić information content (AvgIpc) is 2.37. The van der Waals surface area contributed by atoms with Crippen molar-refractivity contribution < 1.29 is 28.9 Å². The molecule has 1 aromatic carbocycles. The number of carbonyl (C=O) groups is 2. The molecular formula is C12H13BrFNO5. The van der Waals surface area contributed by atoms with Crippen molar-refractivity contribution in [3.05, 3.63) is 28.5 Å². The van der Waals surface area contributed by atoms with Crippen molar-refractivity contribution in [2.24, 2.45) is 0 Å². The number of carbonyl (C=O) groups excluding carboxylic acids is 1. The second-order valence-corrected chi connectivity index (χ2v) is 4.75. The van der Waals surface area contributed by atoms with E-state index < -0.39 is 30.3 Å². The predicted octanol–water partition coefficient (Wildman–Crippen LogP) is 0.919. The Labute approximate surface area is 122 Å². The van der Waals surface area contributed by atoms with Gasteiger partial charge in [0.1, 0.15) is 6.04 Å². The third-order valence-corrected chi connectivity index (χ3v) is 2.80. The molecule has 8 heteroatoms. The van der Waals surface area contributed by atoms with Gasteiger partial charge in [0, 0.05) is 17.5 Å². The van der Waals surface area contributed by atoms with Crippen LogP contribution in [0.1, 0.15) is 6.42 Å². The highest BCUT2D eigenvalue weighted by molar-refractivity contribution is 9.10. The highest BCUT2D eigenvalue weighted by Crippen LogP contribution is 2.21. The molecule has 0 saturated heterocycles. The summed E-state index contributed by atoms with van der Waals surface area (Å²) in [6.45, 7) is -0.896. The molecule has 110 valence electrons. The maximum atomic E-state index is 13.4. The molecule has 0 unspecified atom stereocenters. The maximum absolute atomic E-state index is 13.4. The zero-order valence-electron chi connectivity index (χ0n) is 10.3. The van der Waals surface area contributed by atoms with Crippen molar-refractivity contribution >= 4 is 27.8 Å². The van der Waals surface area contributed by atoms with E-state index in [0.717, 1.165) is 0 Å². The first kappa shape index (κ1) is 16.4. The minimum absolute atomic E-state index is 0.114. The third-order valence-electron chi connectivity index (χ3n) is 2.30. The number of nitrogens with one attached hydrogen (secondary N) is 1. The first-order valence-electron chi connectivity index (χ1n) is 5.65. The Hall–Kier alpha value is -1.67. The molecule has 20 heavy (non-hydrogen) atoms. The number of amides is 1. The molecule has 0 aliphatic carbocycles. The summed E-state index contributed by atoms with van der Waals surface area (Å²) in [5.74, 6) is -2.73. The lowest BCUT2D eigenvalue weighted by Crippen LogP contribution is -2.43. The van der Waals surface area contributed by atoms with Crippen LogP contribution in [0.4, 0.5) is 4.39 Å². The van der Waals surface area contributed by atoms with Crippen LogP contribution in [0, 0.1) is 5.82 Å². The number of aliphatic carboxylic acids is 1. The second-order valence-electron chi connectivity index (χ2n) is 3.83. The Morgan fingerprint density at radius 2 is 2.15 bits per heavy atom. The van der Waals surface area contributed by atoms with Crippen LogP contribution in [0.25, 0.3) is 0 Å². The van der Waals surface area contributed by atoms with Crippen molar-refractivity contribution in [3.8, 4) is 5.75 Å². The van der Waals surface area contributed by atoms with E-state index in [4.69, 9.17) is 14.9 Å². The van der Waals surface area contributed by atoms with Crippen molar-refractivity contribution in [1.82, 2.24) is 5.32 Å². The van der Waals surface area contributed by atoms with E-state index in [0.29, 0.717) is 4.47 Å². The molecule has 0 heterocycles. The first-order chi connectivity index (χ1) is 9.43. The molecule has 0 radical (unpaired) electrons. The van der Waals surface area contributed by atoms with Crippen LogP contribution in [0.15, 0.2) is 22.7 Å². The van der Waals surface area contributed by atoms with Crippen molar-refractivity contribution in [1.29, 1.82) is 0 Å². The van der Waals surface area contributed by atoms with Gasteiger partial charge in [0.15, 0.2) is 18.2 Å². The molecule has 1 amide bonds. The minimum Gasteiger partial charge on any atom is -0.481 e. The van der Waals surface area contributed by atoms with Gasteiger partial charge in [0.05, 0.1) is 0 Å². The number of carboxylic acid groups (broad SMARTS) is 1. The molecule has 0 aliphatic rings. The van der Waals surface area contributed by atoms with E-state index in [1.807, 2.05) is 0 Å². The number of carboxylic acids is 1. The summed E-state index contributed by atoms with van der Waals surface area (Å²) in [6.07, 6.45) is -0.117. The normalized spacial score (nSPS) is 11.8. The van der Waals surface area contributed by atoms with Crippen LogP contribution in [0.5, 0.6) is 5.75 Å². The fraction of sp³-hybridized carbons (Fsp3) is 0.333. The number of halogens is 2. The fourth-order valence-electron chi connectivity index (χ4n) is 1.36. The number of hydrogen-bond donors (Lipinski definition) is 3. The Balaban J connectivity index is 2.52. The zero-order valence-corrected chi connectivity index (χ0v) is 11.9. The Bertz CT molecular complexity index is 497. The van der Waals surface area contributed by atoms with E-state index in [-0.39, 0.29) is 18.8 Å². The monoisotopic (exact) mass is 349 g/mol. The lowest BCUT2D eigenvalue weighted by molar-refractivity contribution is -0.142. The molecule has 0 aliphatic heterocycles.